The predicted octanol–water partition coefficient (Wildman–Crippen LogP) is 4.33. The molecule has 4 rings (SSSR count). The fourth-order valence-corrected chi connectivity index (χ4v) is 5.71. The molecule has 1 heterocycles. The van der Waals surface area contributed by atoms with Gasteiger partial charge in [-0.1, -0.05) is 65.7 Å². The molecule has 0 radical (unpaired) electrons. The van der Waals surface area contributed by atoms with E-state index < -0.39 is 16.1 Å². The van der Waals surface area contributed by atoms with Crippen LogP contribution in [0.25, 0.3) is 0 Å². The summed E-state index contributed by atoms with van der Waals surface area (Å²) in [7, 11) is -3.65. The van der Waals surface area contributed by atoms with Crippen molar-refractivity contribution in [3.05, 3.63) is 95.0 Å². The van der Waals surface area contributed by atoms with Crippen molar-refractivity contribution in [2.45, 2.75) is 17.9 Å². The largest absolute Gasteiger partial charge is 0.324 e. The van der Waals surface area contributed by atoms with Crippen LogP contribution in [0.5, 0.6) is 0 Å². The highest BCUT2D eigenvalue weighted by Gasteiger charge is 2.34. The van der Waals surface area contributed by atoms with Gasteiger partial charge in [0, 0.05) is 36.9 Å². The van der Waals surface area contributed by atoms with Crippen molar-refractivity contribution in [3.8, 4) is 0 Å². The maximum atomic E-state index is 13.3. The topological polar surface area (TPSA) is 69.7 Å². The maximum Gasteiger partial charge on any atom is 0.246 e. The van der Waals surface area contributed by atoms with E-state index in [1.165, 1.54) is 10.4 Å². The third-order valence-electron chi connectivity index (χ3n) is 5.75. The van der Waals surface area contributed by atoms with Gasteiger partial charge in [0.2, 0.25) is 15.9 Å². The standard InChI is InChI=1S/C25H26ClN3O3S/c1-19-10-12-22(13-11-19)27-25(30)24(20-6-3-2-4-7-20)28-14-16-29(17-15-28)33(31,32)23-9-5-8-21(26)18-23/h2-13,18,24H,14-17H2,1H3,(H,27,30)/t24-/m1/s1. The second kappa shape index (κ2) is 10.1. The maximum absolute atomic E-state index is 13.3. The van der Waals surface area contributed by atoms with Gasteiger partial charge < -0.3 is 5.32 Å². The Kier molecular flexibility index (Phi) is 7.14. The molecule has 3 aromatic rings. The summed E-state index contributed by atoms with van der Waals surface area (Å²) in [5.41, 5.74) is 2.71. The Hall–Kier alpha value is -2.71. The molecule has 0 aliphatic carbocycles. The molecule has 3 aromatic carbocycles. The van der Waals surface area contributed by atoms with Crippen molar-refractivity contribution in [1.82, 2.24) is 9.21 Å². The molecule has 0 bridgehead atoms. The molecule has 8 heteroatoms. The van der Waals surface area contributed by atoms with E-state index in [-0.39, 0.29) is 23.9 Å². The van der Waals surface area contributed by atoms with Gasteiger partial charge in [0.1, 0.15) is 6.04 Å². The predicted molar refractivity (Wildman–Crippen MR) is 131 cm³/mol. The van der Waals surface area contributed by atoms with Crippen molar-refractivity contribution in [2.24, 2.45) is 0 Å². The van der Waals surface area contributed by atoms with Gasteiger partial charge in [0.15, 0.2) is 0 Å². The smallest absolute Gasteiger partial charge is 0.246 e. The lowest BCUT2D eigenvalue weighted by Gasteiger charge is -2.38. The quantitative estimate of drug-likeness (QED) is 0.566. The lowest BCUT2D eigenvalue weighted by molar-refractivity contribution is -0.122. The monoisotopic (exact) mass is 483 g/mol. The molecule has 1 aliphatic rings. The first-order valence-electron chi connectivity index (χ1n) is 10.8. The zero-order valence-corrected chi connectivity index (χ0v) is 19.9. The van der Waals surface area contributed by atoms with Gasteiger partial charge in [-0.05, 0) is 42.8 Å². The average Bonchev–Trinajstić information content (AvgIpc) is 2.82. The second-order valence-electron chi connectivity index (χ2n) is 8.07. The fourth-order valence-electron chi connectivity index (χ4n) is 3.99. The Morgan fingerprint density at radius 2 is 1.58 bits per heavy atom. The lowest BCUT2D eigenvalue weighted by atomic mass is 10.0. The molecule has 1 saturated heterocycles. The number of rotatable bonds is 6. The van der Waals surface area contributed by atoms with Crippen LogP contribution >= 0.6 is 11.6 Å². The zero-order chi connectivity index (χ0) is 23.4. The number of carbonyl (C=O) groups excluding carboxylic acids is 1. The summed E-state index contributed by atoms with van der Waals surface area (Å²) in [5.74, 6) is -0.142. The van der Waals surface area contributed by atoms with Crippen molar-refractivity contribution in [1.29, 1.82) is 0 Å². The summed E-state index contributed by atoms with van der Waals surface area (Å²) in [6, 6.07) is 23.0. The van der Waals surface area contributed by atoms with E-state index in [1.54, 1.807) is 18.2 Å². The number of sulfonamides is 1. The average molecular weight is 484 g/mol. The van der Waals surface area contributed by atoms with E-state index >= 15 is 0 Å². The molecule has 1 fully saturated rings. The molecule has 33 heavy (non-hydrogen) atoms. The van der Waals surface area contributed by atoms with Crippen molar-refractivity contribution in [3.63, 3.8) is 0 Å². The molecular formula is C25H26ClN3O3S. The highest BCUT2D eigenvalue weighted by Crippen LogP contribution is 2.27. The minimum atomic E-state index is -3.65. The van der Waals surface area contributed by atoms with E-state index in [0.29, 0.717) is 18.1 Å². The van der Waals surface area contributed by atoms with Gasteiger partial charge in [-0.25, -0.2) is 8.42 Å². The molecule has 6 nitrogen and oxygen atoms in total. The molecule has 1 aliphatic heterocycles. The van der Waals surface area contributed by atoms with Crippen LogP contribution in [0.4, 0.5) is 5.69 Å². The Balaban J connectivity index is 1.52. The molecule has 0 aromatic heterocycles. The highest BCUT2D eigenvalue weighted by atomic mass is 35.5. The number of amides is 1. The van der Waals surface area contributed by atoms with Gasteiger partial charge in [-0.15, -0.1) is 0 Å². The first kappa shape index (κ1) is 23.4. The number of carbonyl (C=O) groups is 1. The van der Waals surface area contributed by atoms with Crippen LogP contribution < -0.4 is 5.32 Å². The number of halogens is 1. The van der Waals surface area contributed by atoms with Gasteiger partial charge in [-0.3, -0.25) is 9.69 Å². The number of benzene rings is 3. The minimum Gasteiger partial charge on any atom is -0.324 e. The van der Waals surface area contributed by atoms with Crippen LogP contribution in [0.3, 0.4) is 0 Å². The summed E-state index contributed by atoms with van der Waals surface area (Å²) >= 11 is 6.00. The van der Waals surface area contributed by atoms with Gasteiger partial charge >= 0.3 is 0 Å². The number of nitrogens with zero attached hydrogens (tertiary/aromatic N) is 2. The molecule has 1 N–H and O–H groups in total. The van der Waals surface area contributed by atoms with Gasteiger partial charge in [0.05, 0.1) is 4.90 Å². The molecule has 0 unspecified atom stereocenters. The first-order chi connectivity index (χ1) is 15.8. The number of hydrogen-bond donors (Lipinski definition) is 1. The Morgan fingerprint density at radius 3 is 2.21 bits per heavy atom. The number of anilines is 1. The summed E-state index contributed by atoms with van der Waals surface area (Å²) < 4.78 is 27.6. The van der Waals surface area contributed by atoms with E-state index in [4.69, 9.17) is 11.6 Å². The third kappa shape index (κ3) is 5.45. The summed E-state index contributed by atoms with van der Waals surface area (Å²) in [6.07, 6.45) is 0. The van der Waals surface area contributed by atoms with E-state index in [2.05, 4.69) is 5.32 Å². The van der Waals surface area contributed by atoms with Gasteiger partial charge in [0.25, 0.3) is 0 Å². The molecule has 0 spiro atoms. The van der Waals surface area contributed by atoms with Crippen LogP contribution in [-0.2, 0) is 14.8 Å². The second-order valence-corrected chi connectivity index (χ2v) is 10.4. The summed E-state index contributed by atoms with van der Waals surface area (Å²) in [6.45, 7) is 3.43. The lowest BCUT2D eigenvalue weighted by Crippen LogP contribution is -2.51. The number of hydrogen-bond acceptors (Lipinski definition) is 4. The van der Waals surface area contributed by atoms with Crippen LogP contribution in [0.2, 0.25) is 5.02 Å². The molecule has 1 atom stereocenters. The molecule has 0 saturated carbocycles. The Labute approximate surface area is 199 Å². The van der Waals surface area contributed by atoms with Crippen LogP contribution in [0, 0.1) is 6.92 Å². The van der Waals surface area contributed by atoms with E-state index in [9.17, 15) is 13.2 Å². The van der Waals surface area contributed by atoms with Gasteiger partial charge in [-0.2, -0.15) is 4.31 Å². The minimum absolute atomic E-state index is 0.142. The first-order valence-corrected chi connectivity index (χ1v) is 12.6. The number of piperazine rings is 1. The number of aryl methyl sites for hydroxylation is 1. The highest BCUT2D eigenvalue weighted by molar-refractivity contribution is 7.89. The van der Waals surface area contributed by atoms with Crippen molar-refractivity contribution < 1.29 is 13.2 Å². The number of nitrogens with one attached hydrogen (secondary N) is 1. The molecule has 172 valence electrons. The summed E-state index contributed by atoms with van der Waals surface area (Å²) in [5, 5.41) is 3.39. The Morgan fingerprint density at radius 1 is 0.909 bits per heavy atom. The SMILES string of the molecule is Cc1ccc(NC(=O)[C@@H](c2ccccc2)N2CCN(S(=O)(=O)c3cccc(Cl)c3)CC2)cc1. The molecule has 1 amide bonds. The third-order valence-corrected chi connectivity index (χ3v) is 7.88. The van der Waals surface area contributed by atoms with Crippen molar-refractivity contribution >= 4 is 33.2 Å². The Bertz CT molecular complexity index is 1210. The van der Waals surface area contributed by atoms with Crippen LogP contribution in [0.15, 0.2) is 83.8 Å². The molecular weight excluding hydrogens is 458 g/mol. The van der Waals surface area contributed by atoms with E-state index in [1.807, 2.05) is 66.4 Å². The van der Waals surface area contributed by atoms with Crippen LogP contribution in [0.1, 0.15) is 17.2 Å². The summed E-state index contributed by atoms with van der Waals surface area (Å²) in [4.78, 5) is 15.5. The van der Waals surface area contributed by atoms with Crippen molar-refractivity contribution in [2.75, 3.05) is 31.5 Å². The normalized spacial score (nSPS) is 16.3. The van der Waals surface area contributed by atoms with E-state index in [0.717, 1.165) is 16.8 Å². The fraction of sp³-hybridized carbons (Fsp3) is 0.240. The van der Waals surface area contributed by atoms with Crippen LogP contribution in [-0.4, -0.2) is 49.7 Å². The zero-order valence-electron chi connectivity index (χ0n) is 18.3.